The molecule has 3 atom stereocenters. The minimum atomic E-state index is -0.238. The van der Waals surface area contributed by atoms with Crippen molar-refractivity contribution >= 4 is 24.2 Å². The second kappa shape index (κ2) is 7.64. The van der Waals surface area contributed by atoms with E-state index in [4.69, 9.17) is 5.73 Å². The fourth-order valence-corrected chi connectivity index (χ4v) is 3.69. The Morgan fingerprint density at radius 2 is 1.77 bits per heavy atom. The highest BCUT2D eigenvalue weighted by Gasteiger charge is 2.37. The van der Waals surface area contributed by atoms with Crippen LogP contribution in [-0.2, 0) is 9.59 Å². The highest BCUT2D eigenvalue weighted by Crippen LogP contribution is 2.28. The summed E-state index contributed by atoms with van der Waals surface area (Å²) in [4.78, 5) is 26.6. The van der Waals surface area contributed by atoms with Crippen LogP contribution < -0.4 is 11.1 Å². The van der Waals surface area contributed by atoms with Gasteiger partial charge in [-0.25, -0.2) is 0 Å². The van der Waals surface area contributed by atoms with Gasteiger partial charge in [-0.1, -0.05) is 12.8 Å². The molecule has 0 bridgehead atoms. The molecule has 0 aromatic heterocycles. The van der Waals surface area contributed by atoms with Crippen LogP contribution in [0.4, 0.5) is 0 Å². The number of nitrogens with zero attached hydrogens (tertiary/aromatic N) is 1. The van der Waals surface area contributed by atoms with Crippen molar-refractivity contribution < 1.29 is 9.59 Å². The molecule has 2 saturated carbocycles. The van der Waals surface area contributed by atoms with Crippen LogP contribution in [0.5, 0.6) is 0 Å². The predicted octanol–water partition coefficient (Wildman–Crippen LogP) is 1.59. The molecule has 1 heterocycles. The average Bonchev–Trinajstić information content (AvgIpc) is 3.14. The number of carbonyl (C=O) groups is 2. The number of likely N-dealkylation sites (tertiary alicyclic amines) is 1. The molecule has 3 fully saturated rings. The van der Waals surface area contributed by atoms with Crippen molar-refractivity contribution in [3.8, 4) is 0 Å². The monoisotopic (exact) mass is 329 g/mol. The highest BCUT2D eigenvalue weighted by molar-refractivity contribution is 5.88. The Hall–Kier alpha value is -0.810. The second-order valence-corrected chi connectivity index (χ2v) is 6.94. The van der Waals surface area contributed by atoms with Gasteiger partial charge in [0.05, 0.1) is 0 Å². The van der Waals surface area contributed by atoms with Crippen LogP contribution in [0.3, 0.4) is 0 Å². The van der Waals surface area contributed by atoms with Gasteiger partial charge in [-0.15, -0.1) is 12.4 Å². The molecule has 1 aliphatic heterocycles. The summed E-state index contributed by atoms with van der Waals surface area (Å²) in [7, 11) is 0. The summed E-state index contributed by atoms with van der Waals surface area (Å²) in [5.74, 6) is 0.487. The van der Waals surface area contributed by atoms with Crippen molar-refractivity contribution in [2.24, 2.45) is 11.7 Å². The van der Waals surface area contributed by atoms with Gasteiger partial charge in [0.25, 0.3) is 0 Å². The van der Waals surface area contributed by atoms with E-state index in [1.165, 1.54) is 12.8 Å². The molecule has 2 aliphatic carbocycles. The molecule has 3 N–H and O–H groups in total. The fourth-order valence-electron chi connectivity index (χ4n) is 3.69. The number of carbonyl (C=O) groups excluding carboxylic acids is 2. The summed E-state index contributed by atoms with van der Waals surface area (Å²) >= 11 is 0. The molecule has 3 aliphatic rings. The molecular weight excluding hydrogens is 302 g/mol. The Balaban J connectivity index is 0.00000176. The summed E-state index contributed by atoms with van der Waals surface area (Å²) in [6.45, 7) is 0.726. The van der Waals surface area contributed by atoms with Gasteiger partial charge in [0.2, 0.25) is 11.8 Å². The smallest absolute Gasteiger partial charge is 0.243 e. The molecule has 0 radical (unpaired) electrons. The Labute approximate surface area is 138 Å². The molecule has 0 aromatic carbocycles. The predicted molar refractivity (Wildman–Crippen MR) is 87.7 cm³/mol. The van der Waals surface area contributed by atoms with Gasteiger partial charge in [0, 0.05) is 25.0 Å². The van der Waals surface area contributed by atoms with Gasteiger partial charge in [-0.3, -0.25) is 9.59 Å². The molecule has 3 unspecified atom stereocenters. The molecule has 2 amide bonds. The second-order valence-electron chi connectivity index (χ2n) is 6.94. The Kier molecular flexibility index (Phi) is 6.09. The van der Waals surface area contributed by atoms with Crippen molar-refractivity contribution in [3.05, 3.63) is 0 Å². The zero-order valence-electron chi connectivity index (χ0n) is 13.1. The van der Waals surface area contributed by atoms with E-state index >= 15 is 0 Å². The van der Waals surface area contributed by atoms with Gasteiger partial charge in [-0.2, -0.15) is 0 Å². The van der Waals surface area contributed by atoms with Gasteiger partial charge in [0.1, 0.15) is 6.04 Å². The van der Waals surface area contributed by atoms with E-state index in [0.29, 0.717) is 18.4 Å². The van der Waals surface area contributed by atoms with E-state index in [-0.39, 0.29) is 36.3 Å². The zero-order chi connectivity index (χ0) is 14.8. The van der Waals surface area contributed by atoms with E-state index < -0.39 is 0 Å². The van der Waals surface area contributed by atoms with E-state index in [9.17, 15) is 9.59 Å². The molecule has 0 aromatic rings. The van der Waals surface area contributed by atoms with Gasteiger partial charge < -0.3 is 16.0 Å². The van der Waals surface area contributed by atoms with E-state index in [1.807, 2.05) is 0 Å². The van der Waals surface area contributed by atoms with E-state index in [2.05, 4.69) is 5.32 Å². The van der Waals surface area contributed by atoms with Crippen LogP contribution in [0, 0.1) is 5.92 Å². The quantitative estimate of drug-likeness (QED) is 0.822. The standard InChI is InChI=1S/C16H27N3O2.ClH/c17-13-5-2-1-4-11(13)10-15(20)19-9-3-6-14(19)16(21)18-12-7-8-12;/h11-14H,1-10,17H2,(H,18,21);1H. The van der Waals surface area contributed by atoms with Gasteiger partial charge in [-0.05, 0) is 44.4 Å². The summed E-state index contributed by atoms with van der Waals surface area (Å²) in [6, 6.07) is 0.281. The van der Waals surface area contributed by atoms with Crippen LogP contribution in [0.15, 0.2) is 0 Å². The Morgan fingerprint density at radius 3 is 2.45 bits per heavy atom. The number of hydrogen-bond acceptors (Lipinski definition) is 3. The zero-order valence-corrected chi connectivity index (χ0v) is 13.9. The van der Waals surface area contributed by atoms with Crippen molar-refractivity contribution in [1.82, 2.24) is 10.2 Å². The maximum Gasteiger partial charge on any atom is 0.243 e. The summed E-state index contributed by atoms with van der Waals surface area (Å²) < 4.78 is 0. The molecule has 5 nitrogen and oxygen atoms in total. The first-order valence-corrected chi connectivity index (χ1v) is 8.50. The lowest BCUT2D eigenvalue weighted by atomic mass is 9.82. The van der Waals surface area contributed by atoms with Crippen molar-refractivity contribution in [2.45, 2.75) is 75.9 Å². The molecule has 1 saturated heterocycles. The van der Waals surface area contributed by atoms with Crippen LogP contribution >= 0.6 is 12.4 Å². The fraction of sp³-hybridized carbons (Fsp3) is 0.875. The van der Waals surface area contributed by atoms with Crippen molar-refractivity contribution in [2.75, 3.05) is 6.54 Å². The summed E-state index contributed by atoms with van der Waals surface area (Å²) in [5.41, 5.74) is 6.14. The van der Waals surface area contributed by atoms with E-state index in [1.54, 1.807) is 4.90 Å². The van der Waals surface area contributed by atoms with E-state index in [0.717, 1.165) is 45.1 Å². The molecular formula is C16H28ClN3O2. The lowest BCUT2D eigenvalue weighted by Gasteiger charge is -2.31. The first-order chi connectivity index (χ1) is 10.1. The number of nitrogens with one attached hydrogen (secondary N) is 1. The molecule has 0 spiro atoms. The Morgan fingerprint density at radius 1 is 1.05 bits per heavy atom. The van der Waals surface area contributed by atoms with Crippen LogP contribution in [-0.4, -0.2) is 41.4 Å². The number of rotatable bonds is 4. The maximum atomic E-state index is 12.6. The number of nitrogens with two attached hydrogens (primary N) is 1. The van der Waals surface area contributed by atoms with Crippen LogP contribution in [0.2, 0.25) is 0 Å². The Bertz CT molecular complexity index is 414. The maximum absolute atomic E-state index is 12.6. The van der Waals surface area contributed by atoms with Gasteiger partial charge >= 0.3 is 0 Å². The summed E-state index contributed by atoms with van der Waals surface area (Å²) in [5, 5.41) is 3.04. The first-order valence-electron chi connectivity index (χ1n) is 8.50. The third-order valence-corrected chi connectivity index (χ3v) is 5.20. The van der Waals surface area contributed by atoms with Crippen LogP contribution in [0.25, 0.3) is 0 Å². The molecule has 126 valence electrons. The topological polar surface area (TPSA) is 75.4 Å². The minimum Gasteiger partial charge on any atom is -0.352 e. The average molecular weight is 330 g/mol. The molecule has 22 heavy (non-hydrogen) atoms. The largest absolute Gasteiger partial charge is 0.352 e. The third kappa shape index (κ3) is 4.13. The lowest BCUT2D eigenvalue weighted by Crippen LogP contribution is -2.47. The van der Waals surface area contributed by atoms with Gasteiger partial charge in [0.15, 0.2) is 0 Å². The third-order valence-electron chi connectivity index (χ3n) is 5.20. The lowest BCUT2D eigenvalue weighted by molar-refractivity contribution is -0.139. The molecule has 6 heteroatoms. The van der Waals surface area contributed by atoms with Crippen molar-refractivity contribution in [3.63, 3.8) is 0 Å². The van der Waals surface area contributed by atoms with Crippen molar-refractivity contribution in [1.29, 1.82) is 0 Å². The normalized spacial score (nSPS) is 31.5. The number of hydrogen-bond donors (Lipinski definition) is 2. The number of amides is 2. The molecule has 3 rings (SSSR count). The SMILES string of the molecule is Cl.NC1CCCCC1CC(=O)N1CCCC1C(=O)NC1CC1. The summed E-state index contributed by atoms with van der Waals surface area (Å²) in [6.07, 6.45) is 8.88. The number of halogens is 1. The van der Waals surface area contributed by atoms with Crippen LogP contribution in [0.1, 0.15) is 57.8 Å². The highest BCUT2D eigenvalue weighted by atomic mass is 35.5. The first kappa shape index (κ1) is 17.5. The minimum absolute atomic E-state index is 0.